The molecule has 1 amide bonds. The molecule has 0 spiro atoms. The summed E-state index contributed by atoms with van der Waals surface area (Å²) >= 11 is 0. The zero-order chi connectivity index (χ0) is 8.72. The molecule has 1 atom stereocenters. The Kier molecular flexibility index (Phi) is 1.31. The molecule has 4 nitrogen and oxygen atoms in total. The Morgan fingerprint density at radius 2 is 2.25 bits per heavy atom. The van der Waals surface area contributed by atoms with Gasteiger partial charge in [-0.15, -0.1) is 0 Å². The van der Waals surface area contributed by atoms with Crippen molar-refractivity contribution in [2.75, 3.05) is 5.73 Å². The lowest BCUT2D eigenvalue weighted by Crippen LogP contribution is -2.17. The number of nitrogens with one attached hydrogen (secondary N) is 1. The van der Waals surface area contributed by atoms with Gasteiger partial charge in [0.1, 0.15) is 0 Å². The van der Waals surface area contributed by atoms with Crippen molar-refractivity contribution in [1.29, 1.82) is 0 Å². The first-order chi connectivity index (χ1) is 5.68. The number of amides is 1. The summed E-state index contributed by atoms with van der Waals surface area (Å²) < 4.78 is 0. The van der Waals surface area contributed by atoms with Crippen LogP contribution in [0.3, 0.4) is 0 Å². The number of carbonyl (C=O) groups is 1. The summed E-state index contributed by atoms with van der Waals surface area (Å²) in [6, 6.07) is 4.84. The molecule has 12 heavy (non-hydrogen) atoms. The van der Waals surface area contributed by atoms with Crippen LogP contribution in [-0.4, -0.2) is 11.0 Å². The molecule has 0 fully saturated rings. The van der Waals surface area contributed by atoms with E-state index in [0.717, 1.165) is 0 Å². The average molecular weight is 164 g/mol. The third-order valence-corrected chi connectivity index (χ3v) is 1.88. The van der Waals surface area contributed by atoms with Gasteiger partial charge in [0.05, 0.1) is 0 Å². The van der Waals surface area contributed by atoms with E-state index in [-0.39, 0.29) is 5.91 Å². The van der Waals surface area contributed by atoms with Crippen molar-refractivity contribution in [1.82, 2.24) is 5.32 Å². The summed E-state index contributed by atoms with van der Waals surface area (Å²) in [6.45, 7) is 0. The Morgan fingerprint density at radius 3 is 3.00 bits per heavy atom. The van der Waals surface area contributed by atoms with Gasteiger partial charge >= 0.3 is 0 Å². The molecule has 1 aromatic carbocycles. The third-order valence-electron chi connectivity index (χ3n) is 1.88. The quantitative estimate of drug-likeness (QED) is 0.472. The number of nitrogen functional groups attached to an aromatic ring is 1. The fourth-order valence-electron chi connectivity index (χ4n) is 1.29. The first kappa shape index (κ1) is 7.12. The minimum Gasteiger partial charge on any atom is -0.399 e. The van der Waals surface area contributed by atoms with Gasteiger partial charge in [0, 0.05) is 16.8 Å². The van der Waals surface area contributed by atoms with Gasteiger partial charge < -0.3 is 16.2 Å². The molecular formula is C8H8N2O2. The topological polar surface area (TPSA) is 75.3 Å². The van der Waals surface area contributed by atoms with Crippen LogP contribution in [0.4, 0.5) is 5.69 Å². The number of benzene rings is 1. The van der Waals surface area contributed by atoms with Crippen LogP contribution in [0.2, 0.25) is 0 Å². The van der Waals surface area contributed by atoms with E-state index in [4.69, 9.17) is 5.73 Å². The largest absolute Gasteiger partial charge is 0.399 e. The second-order valence-corrected chi connectivity index (χ2v) is 2.72. The molecule has 0 aliphatic carbocycles. The highest BCUT2D eigenvalue weighted by Gasteiger charge is 2.26. The van der Waals surface area contributed by atoms with Crippen molar-refractivity contribution in [2.24, 2.45) is 0 Å². The smallest absolute Gasteiger partial charge is 0.253 e. The van der Waals surface area contributed by atoms with E-state index in [1.54, 1.807) is 18.2 Å². The van der Waals surface area contributed by atoms with E-state index in [1.807, 2.05) is 0 Å². The molecule has 2 rings (SSSR count). The summed E-state index contributed by atoms with van der Waals surface area (Å²) in [7, 11) is 0. The van der Waals surface area contributed by atoms with Gasteiger partial charge in [-0.05, 0) is 18.2 Å². The Morgan fingerprint density at radius 1 is 1.50 bits per heavy atom. The van der Waals surface area contributed by atoms with Gasteiger partial charge in [-0.25, -0.2) is 0 Å². The van der Waals surface area contributed by atoms with E-state index in [9.17, 15) is 9.90 Å². The number of nitrogens with two attached hydrogens (primary N) is 1. The van der Waals surface area contributed by atoms with Crippen molar-refractivity contribution in [2.45, 2.75) is 6.23 Å². The molecule has 0 radical (unpaired) electrons. The maximum absolute atomic E-state index is 11.1. The molecule has 1 heterocycles. The van der Waals surface area contributed by atoms with Crippen LogP contribution < -0.4 is 11.1 Å². The number of anilines is 1. The first-order valence-electron chi connectivity index (χ1n) is 3.57. The Balaban J connectivity index is 2.60. The molecule has 62 valence electrons. The second-order valence-electron chi connectivity index (χ2n) is 2.72. The van der Waals surface area contributed by atoms with E-state index in [2.05, 4.69) is 5.32 Å². The fourth-order valence-corrected chi connectivity index (χ4v) is 1.29. The van der Waals surface area contributed by atoms with Gasteiger partial charge in [-0.1, -0.05) is 0 Å². The van der Waals surface area contributed by atoms with Gasteiger partial charge in [0.15, 0.2) is 6.23 Å². The van der Waals surface area contributed by atoms with Crippen LogP contribution in [0.25, 0.3) is 0 Å². The lowest BCUT2D eigenvalue weighted by atomic mass is 10.1. The standard InChI is InChI=1S/C8H8N2O2/c9-4-1-2-5-6(3-4)8(12)10-7(5)11/h1-3,8,12H,9H2,(H,10,11). The second kappa shape index (κ2) is 2.22. The van der Waals surface area contributed by atoms with Crippen LogP contribution in [0.1, 0.15) is 22.1 Å². The molecule has 0 bridgehead atoms. The van der Waals surface area contributed by atoms with Gasteiger partial charge in [-0.2, -0.15) is 0 Å². The molecule has 4 heteroatoms. The van der Waals surface area contributed by atoms with Crippen LogP contribution in [0.5, 0.6) is 0 Å². The number of rotatable bonds is 0. The first-order valence-corrected chi connectivity index (χ1v) is 3.57. The van der Waals surface area contributed by atoms with E-state index >= 15 is 0 Å². The predicted molar refractivity (Wildman–Crippen MR) is 43.3 cm³/mol. The van der Waals surface area contributed by atoms with Crippen molar-refractivity contribution < 1.29 is 9.90 Å². The number of aliphatic hydroxyl groups is 1. The minimum absolute atomic E-state index is 0.252. The minimum atomic E-state index is -0.906. The van der Waals surface area contributed by atoms with Crippen LogP contribution in [-0.2, 0) is 0 Å². The molecule has 0 saturated heterocycles. The zero-order valence-corrected chi connectivity index (χ0v) is 6.24. The lowest BCUT2D eigenvalue weighted by molar-refractivity contribution is 0.0850. The lowest BCUT2D eigenvalue weighted by Gasteiger charge is -2.02. The maximum Gasteiger partial charge on any atom is 0.253 e. The molecule has 1 unspecified atom stereocenters. The summed E-state index contributed by atoms with van der Waals surface area (Å²) in [5.41, 5.74) is 7.09. The predicted octanol–water partition coefficient (Wildman–Crippen LogP) is 0.00310. The summed E-state index contributed by atoms with van der Waals surface area (Å²) in [6.07, 6.45) is -0.906. The third kappa shape index (κ3) is 0.853. The number of carbonyl (C=O) groups excluding carboxylic acids is 1. The Labute approximate surface area is 69.0 Å². The zero-order valence-electron chi connectivity index (χ0n) is 6.24. The molecule has 0 aromatic heterocycles. The highest BCUT2D eigenvalue weighted by molar-refractivity contribution is 5.99. The van der Waals surface area contributed by atoms with Gasteiger partial charge in [0.2, 0.25) is 0 Å². The van der Waals surface area contributed by atoms with Gasteiger partial charge in [0.25, 0.3) is 5.91 Å². The molecule has 0 saturated carbocycles. The normalized spacial score (nSPS) is 20.4. The highest BCUT2D eigenvalue weighted by Crippen LogP contribution is 2.24. The SMILES string of the molecule is Nc1ccc2c(c1)C(O)NC2=O. The molecule has 4 N–H and O–H groups in total. The molecule has 1 aromatic rings. The van der Waals surface area contributed by atoms with Crippen LogP contribution in [0.15, 0.2) is 18.2 Å². The number of hydrogen-bond acceptors (Lipinski definition) is 3. The van der Waals surface area contributed by atoms with Crippen molar-refractivity contribution in [3.8, 4) is 0 Å². The van der Waals surface area contributed by atoms with Crippen molar-refractivity contribution >= 4 is 11.6 Å². The fraction of sp³-hybridized carbons (Fsp3) is 0.125. The molecule has 1 aliphatic rings. The van der Waals surface area contributed by atoms with Crippen LogP contribution in [0, 0.1) is 0 Å². The number of fused-ring (bicyclic) bond motifs is 1. The van der Waals surface area contributed by atoms with E-state index in [0.29, 0.717) is 16.8 Å². The Hall–Kier alpha value is -1.55. The van der Waals surface area contributed by atoms with Crippen molar-refractivity contribution in [3.05, 3.63) is 29.3 Å². The highest BCUT2D eigenvalue weighted by atomic mass is 16.3. The monoisotopic (exact) mass is 164 g/mol. The Bertz CT molecular complexity index is 349. The molecule has 1 aliphatic heterocycles. The summed E-state index contributed by atoms with van der Waals surface area (Å²) in [4.78, 5) is 11.1. The van der Waals surface area contributed by atoms with E-state index < -0.39 is 6.23 Å². The summed E-state index contributed by atoms with van der Waals surface area (Å²) in [5.74, 6) is -0.252. The number of hydrogen-bond donors (Lipinski definition) is 3. The van der Waals surface area contributed by atoms with Crippen LogP contribution >= 0.6 is 0 Å². The average Bonchev–Trinajstić information content (AvgIpc) is 2.28. The van der Waals surface area contributed by atoms with Gasteiger partial charge in [-0.3, -0.25) is 4.79 Å². The number of aliphatic hydroxyl groups excluding tert-OH is 1. The maximum atomic E-state index is 11.1. The summed E-state index contributed by atoms with van der Waals surface area (Å²) in [5, 5.41) is 11.7. The molecular weight excluding hydrogens is 156 g/mol. The van der Waals surface area contributed by atoms with Crippen molar-refractivity contribution in [3.63, 3.8) is 0 Å². The van der Waals surface area contributed by atoms with E-state index in [1.165, 1.54) is 0 Å².